The van der Waals surface area contributed by atoms with E-state index in [1.54, 1.807) is 0 Å². The van der Waals surface area contributed by atoms with Gasteiger partial charge in [-0.25, -0.2) is 4.98 Å². The molecule has 1 saturated carbocycles. The van der Waals surface area contributed by atoms with E-state index in [2.05, 4.69) is 25.2 Å². The lowest BCUT2D eigenvalue weighted by Gasteiger charge is -2.23. The van der Waals surface area contributed by atoms with E-state index in [0.717, 1.165) is 35.1 Å². The number of imidazole rings is 1. The molecular weight excluding hydrogens is 378 g/mol. The number of aromatic nitrogens is 4. The fraction of sp³-hybridized carbons (Fsp3) is 0.500. The molecule has 8 nitrogen and oxygen atoms in total. The van der Waals surface area contributed by atoms with Crippen molar-refractivity contribution in [2.45, 2.75) is 64.6 Å². The summed E-state index contributed by atoms with van der Waals surface area (Å²) in [5, 5.41) is 16.9. The third kappa shape index (κ3) is 4.33. The van der Waals surface area contributed by atoms with Crippen LogP contribution in [0.5, 0.6) is 5.75 Å². The largest absolute Gasteiger partial charge is 0.507 e. The number of rotatable bonds is 7. The van der Waals surface area contributed by atoms with Crippen molar-refractivity contribution in [1.82, 2.24) is 19.5 Å². The first kappa shape index (κ1) is 20.4. The molecule has 1 unspecified atom stereocenters. The zero-order chi connectivity index (χ0) is 21.1. The quantitative estimate of drug-likeness (QED) is 0.470. The first-order valence-corrected chi connectivity index (χ1v) is 10.8. The van der Waals surface area contributed by atoms with Crippen LogP contribution in [0.1, 0.15) is 56.2 Å². The Kier molecular flexibility index (Phi) is 6.03. The van der Waals surface area contributed by atoms with Crippen molar-refractivity contribution in [3.8, 4) is 5.75 Å². The maximum absolute atomic E-state index is 10.3. The van der Waals surface area contributed by atoms with Crippen molar-refractivity contribution >= 4 is 22.9 Å². The lowest BCUT2D eigenvalue weighted by atomic mass is 9.95. The summed E-state index contributed by atoms with van der Waals surface area (Å²) in [6, 6.07) is 6.16. The second-order valence-electron chi connectivity index (χ2n) is 8.31. The molecule has 0 bridgehead atoms. The molecule has 0 amide bonds. The number of hydrogen-bond donors (Lipinski definition) is 4. The van der Waals surface area contributed by atoms with Crippen LogP contribution in [0.3, 0.4) is 0 Å². The van der Waals surface area contributed by atoms with Gasteiger partial charge in [-0.2, -0.15) is 9.97 Å². The standard InChI is InChI=1S/C22H31N7O/c1-14-7-6-8-16(19(14)30)12-24-20-18-21(28-22(27-20)25-11-15(2)23)29(13-26-18)17-9-4-3-5-10-17/h6-8,13,15,17,30H,3-5,9-12,23H2,1-2H3,(H2,24,25,27,28). The third-order valence-corrected chi connectivity index (χ3v) is 5.74. The van der Waals surface area contributed by atoms with Crippen LogP contribution in [-0.2, 0) is 6.54 Å². The molecule has 1 atom stereocenters. The molecular formula is C22H31N7O. The van der Waals surface area contributed by atoms with Crippen LogP contribution in [0.15, 0.2) is 24.5 Å². The summed E-state index contributed by atoms with van der Waals surface area (Å²) in [7, 11) is 0. The molecule has 2 aromatic heterocycles. The Labute approximate surface area is 176 Å². The number of hydrogen-bond acceptors (Lipinski definition) is 7. The highest BCUT2D eigenvalue weighted by atomic mass is 16.3. The molecule has 5 N–H and O–H groups in total. The molecule has 160 valence electrons. The number of phenols is 1. The van der Waals surface area contributed by atoms with Crippen LogP contribution in [0.2, 0.25) is 0 Å². The van der Waals surface area contributed by atoms with Crippen LogP contribution < -0.4 is 16.4 Å². The first-order valence-electron chi connectivity index (χ1n) is 10.8. The van der Waals surface area contributed by atoms with Crippen LogP contribution in [0, 0.1) is 6.92 Å². The monoisotopic (exact) mass is 409 g/mol. The van der Waals surface area contributed by atoms with Crippen molar-refractivity contribution in [3.05, 3.63) is 35.7 Å². The van der Waals surface area contributed by atoms with E-state index in [4.69, 9.17) is 10.7 Å². The minimum Gasteiger partial charge on any atom is -0.507 e. The van der Waals surface area contributed by atoms with Crippen molar-refractivity contribution in [2.75, 3.05) is 17.2 Å². The number of anilines is 2. The van der Waals surface area contributed by atoms with E-state index in [-0.39, 0.29) is 6.04 Å². The Bertz CT molecular complexity index is 1010. The minimum atomic E-state index is -0.00629. The van der Waals surface area contributed by atoms with Gasteiger partial charge in [0, 0.05) is 30.7 Å². The Hall–Kier alpha value is -2.87. The van der Waals surface area contributed by atoms with E-state index in [1.807, 2.05) is 38.4 Å². The molecule has 1 aromatic carbocycles. The molecule has 0 saturated heterocycles. The van der Waals surface area contributed by atoms with Crippen LogP contribution in [0.4, 0.5) is 11.8 Å². The Morgan fingerprint density at radius 3 is 2.77 bits per heavy atom. The highest BCUT2D eigenvalue weighted by Crippen LogP contribution is 2.32. The molecule has 30 heavy (non-hydrogen) atoms. The Morgan fingerprint density at radius 2 is 2.00 bits per heavy atom. The zero-order valence-corrected chi connectivity index (χ0v) is 17.7. The molecule has 0 spiro atoms. The predicted octanol–water partition coefficient (Wildman–Crippen LogP) is 3.72. The van der Waals surface area contributed by atoms with Gasteiger partial charge in [-0.05, 0) is 32.3 Å². The predicted molar refractivity (Wildman–Crippen MR) is 120 cm³/mol. The first-order chi connectivity index (χ1) is 14.5. The summed E-state index contributed by atoms with van der Waals surface area (Å²) < 4.78 is 2.20. The fourth-order valence-corrected chi connectivity index (χ4v) is 4.04. The third-order valence-electron chi connectivity index (χ3n) is 5.74. The minimum absolute atomic E-state index is 0.00629. The average Bonchev–Trinajstić information content (AvgIpc) is 3.18. The summed E-state index contributed by atoms with van der Waals surface area (Å²) in [5.74, 6) is 1.49. The van der Waals surface area contributed by atoms with Gasteiger partial charge in [0.05, 0.1) is 6.33 Å². The number of nitrogens with one attached hydrogen (secondary N) is 2. The van der Waals surface area contributed by atoms with Crippen molar-refractivity contribution < 1.29 is 5.11 Å². The Balaban J connectivity index is 1.67. The maximum atomic E-state index is 10.3. The second-order valence-corrected chi connectivity index (χ2v) is 8.31. The van der Waals surface area contributed by atoms with Crippen molar-refractivity contribution in [3.63, 3.8) is 0 Å². The van der Waals surface area contributed by atoms with Gasteiger partial charge in [-0.1, -0.05) is 37.5 Å². The Morgan fingerprint density at radius 1 is 1.20 bits per heavy atom. The summed E-state index contributed by atoms with van der Waals surface area (Å²) >= 11 is 0. The van der Waals surface area contributed by atoms with Gasteiger partial charge >= 0.3 is 0 Å². The summed E-state index contributed by atoms with van der Waals surface area (Å²) in [6.45, 7) is 4.87. The second kappa shape index (κ2) is 8.87. The fourth-order valence-electron chi connectivity index (χ4n) is 4.04. The molecule has 0 aliphatic heterocycles. The van der Waals surface area contributed by atoms with E-state index in [0.29, 0.717) is 36.6 Å². The molecule has 4 rings (SSSR count). The van der Waals surface area contributed by atoms with Gasteiger partial charge in [-0.3, -0.25) is 0 Å². The number of nitrogens with zero attached hydrogens (tertiary/aromatic N) is 4. The van der Waals surface area contributed by atoms with Crippen LogP contribution in [-0.4, -0.2) is 37.2 Å². The van der Waals surface area contributed by atoms with Gasteiger partial charge < -0.3 is 26.0 Å². The molecule has 1 aliphatic carbocycles. The molecule has 0 radical (unpaired) electrons. The lowest BCUT2D eigenvalue weighted by molar-refractivity contribution is 0.358. The van der Waals surface area contributed by atoms with E-state index in [1.165, 1.54) is 19.3 Å². The van der Waals surface area contributed by atoms with Crippen molar-refractivity contribution in [1.29, 1.82) is 0 Å². The lowest BCUT2D eigenvalue weighted by Crippen LogP contribution is -2.26. The van der Waals surface area contributed by atoms with Crippen LogP contribution in [0.25, 0.3) is 11.2 Å². The molecule has 1 aliphatic rings. The van der Waals surface area contributed by atoms with Gasteiger partial charge in [0.1, 0.15) is 5.75 Å². The molecule has 3 aromatic rings. The number of fused-ring (bicyclic) bond motifs is 1. The number of aromatic hydroxyl groups is 1. The van der Waals surface area contributed by atoms with Gasteiger partial charge in [0.2, 0.25) is 5.95 Å². The highest BCUT2D eigenvalue weighted by Gasteiger charge is 2.21. The van der Waals surface area contributed by atoms with E-state index >= 15 is 0 Å². The highest BCUT2D eigenvalue weighted by molar-refractivity contribution is 5.84. The SMILES string of the molecule is Cc1cccc(CNc2nc(NCC(C)N)nc3c2ncn3C2CCCCC2)c1O. The van der Waals surface area contributed by atoms with Crippen molar-refractivity contribution in [2.24, 2.45) is 5.73 Å². The van der Waals surface area contributed by atoms with E-state index in [9.17, 15) is 5.11 Å². The summed E-state index contributed by atoms with van der Waals surface area (Å²) in [4.78, 5) is 14.1. The van der Waals surface area contributed by atoms with Gasteiger partial charge in [0.15, 0.2) is 17.0 Å². The molecule has 8 heteroatoms. The number of aryl methyl sites for hydroxylation is 1. The molecule has 2 heterocycles. The zero-order valence-electron chi connectivity index (χ0n) is 17.7. The number of nitrogens with two attached hydrogens (primary N) is 1. The molecule has 1 fully saturated rings. The summed E-state index contributed by atoms with van der Waals surface area (Å²) in [5.41, 5.74) is 9.15. The van der Waals surface area contributed by atoms with Crippen LogP contribution >= 0.6 is 0 Å². The number of benzene rings is 1. The number of phenolic OH excluding ortho intramolecular Hbond substituents is 1. The average molecular weight is 410 g/mol. The topological polar surface area (TPSA) is 114 Å². The smallest absolute Gasteiger partial charge is 0.226 e. The van der Waals surface area contributed by atoms with Gasteiger partial charge in [-0.15, -0.1) is 0 Å². The normalized spacial score (nSPS) is 16.0. The summed E-state index contributed by atoms with van der Waals surface area (Å²) in [6.07, 6.45) is 7.97. The van der Waals surface area contributed by atoms with Gasteiger partial charge in [0.25, 0.3) is 0 Å². The number of para-hydroxylation sites is 1. The van der Waals surface area contributed by atoms with E-state index < -0.39 is 0 Å². The maximum Gasteiger partial charge on any atom is 0.226 e.